The van der Waals surface area contributed by atoms with Crippen LogP contribution in [0.15, 0.2) is 0 Å². The number of hydrogen-bond donors (Lipinski definition) is 2. The molecule has 3 atom stereocenters. The predicted molar refractivity (Wildman–Crippen MR) is 47.1 cm³/mol. The molecule has 1 aliphatic rings. The third-order valence-corrected chi connectivity index (χ3v) is 2.13. The van der Waals surface area contributed by atoms with Gasteiger partial charge in [-0.3, -0.25) is 0 Å². The van der Waals surface area contributed by atoms with Crippen LogP contribution in [0.2, 0.25) is 0 Å². The van der Waals surface area contributed by atoms with Crippen molar-refractivity contribution in [3.8, 4) is 0 Å². The summed E-state index contributed by atoms with van der Waals surface area (Å²) in [5, 5.41) is 3.02. The van der Waals surface area contributed by atoms with Crippen molar-refractivity contribution in [2.24, 2.45) is 0 Å². The minimum atomic E-state index is -0.500. The van der Waals surface area contributed by atoms with Gasteiger partial charge in [0.05, 0.1) is 18.8 Å². The highest BCUT2D eigenvalue weighted by atomic mass is 32.1. The average Bonchev–Trinajstić information content (AvgIpc) is 2.05. The van der Waals surface area contributed by atoms with Gasteiger partial charge in [0.25, 0.3) is 0 Å². The van der Waals surface area contributed by atoms with Crippen LogP contribution in [0.4, 0.5) is 0 Å². The SMILES string of the molecule is CNC1COC(S)OC1CC=O. The number of carbonyl (C=O) groups excluding carboxylic acids is 1. The van der Waals surface area contributed by atoms with Crippen LogP contribution < -0.4 is 5.32 Å². The van der Waals surface area contributed by atoms with Crippen LogP contribution in [0, 0.1) is 0 Å². The molecule has 1 heterocycles. The van der Waals surface area contributed by atoms with Crippen molar-refractivity contribution in [3.05, 3.63) is 0 Å². The largest absolute Gasteiger partial charge is 0.342 e. The molecule has 12 heavy (non-hydrogen) atoms. The Morgan fingerprint density at radius 3 is 3.08 bits per heavy atom. The molecule has 4 nitrogen and oxygen atoms in total. The topological polar surface area (TPSA) is 47.6 Å². The number of carbonyl (C=O) groups is 1. The molecular weight excluding hydrogens is 178 g/mol. The molecule has 0 aliphatic carbocycles. The summed E-state index contributed by atoms with van der Waals surface area (Å²) in [6, 6.07) is 0.0820. The summed E-state index contributed by atoms with van der Waals surface area (Å²) in [6.07, 6.45) is 1.11. The maximum absolute atomic E-state index is 10.3. The van der Waals surface area contributed by atoms with Gasteiger partial charge in [0, 0.05) is 6.42 Å². The minimum Gasteiger partial charge on any atom is -0.342 e. The summed E-state index contributed by atoms with van der Waals surface area (Å²) >= 11 is 4.00. The van der Waals surface area contributed by atoms with Crippen molar-refractivity contribution < 1.29 is 14.3 Å². The molecule has 0 aromatic rings. The second kappa shape index (κ2) is 4.81. The van der Waals surface area contributed by atoms with E-state index < -0.39 is 5.62 Å². The summed E-state index contributed by atoms with van der Waals surface area (Å²) < 4.78 is 10.4. The van der Waals surface area contributed by atoms with Crippen LogP contribution in [0.3, 0.4) is 0 Å². The Balaban J connectivity index is 2.45. The Hall–Kier alpha value is -0.100. The summed E-state index contributed by atoms with van der Waals surface area (Å²) in [5.74, 6) is 0. The number of nitrogens with one attached hydrogen (secondary N) is 1. The highest BCUT2D eigenvalue weighted by molar-refractivity contribution is 7.80. The van der Waals surface area contributed by atoms with Crippen LogP contribution in [0.1, 0.15) is 6.42 Å². The van der Waals surface area contributed by atoms with E-state index in [-0.39, 0.29) is 12.1 Å². The standard InChI is InChI=1S/C7H13NO3S/c1-8-5-4-10-7(12)11-6(5)2-3-9/h3,5-8,12H,2,4H2,1H3. The Labute approximate surface area is 77.0 Å². The van der Waals surface area contributed by atoms with E-state index in [0.29, 0.717) is 13.0 Å². The van der Waals surface area contributed by atoms with Crippen LogP contribution in [0.25, 0.3) is 0 Å². The van der Waals surface area contributed by atoms with Gasteiger partial charge in [-0.1, -0.05) is 0 Å². The highest BCUT2D eigenvalue weighted by Crippen LogP contribution is 2.16. The normalized spacial score (nSPS) is 36.3. The van der Waals surface area contributed by atoms with Gasteiger partial charge >= 0.3 is 0 Å². The molecule has 0 aromatic heterocycles. The molecule has 1 aliphatic heterocycles. The van der Waals surface area contributed by atoms with Gasteiger partial charge in [-0.15, -0.1) is 12.6 Å². The van der Waals surface area contributed by atoms with E-state index in [1.165, 1.54) is 0 Å². The van der Waals surface area contributed by atoms with Crippen molar-refractivity contribution in [2.75, 3.05) is 13.7 Å². The van der Waals surface area contributed by atoms with Crippen molar-refractivity contribution in [1.82, 2.24) is 5.32 Å². The van der Waals surface area contributed by atoms with Gasteiger partial charge in [0.1, 0.15) is 6.29 Å². The molecule has 0 bridgehead atoms. The molecule has 1 rings (SSSR count). The first kappa shape index (κ1) is 9.98. The molecule has 1 N–H and O–H groups in total. The van der Waals surface area contributed by atoms with Gasteiger partial charge < -0.3 is 19.6 Å². The average molecular weight is 191 g/mol. The Kier molecular flexibility index (Phi) is 4.00. The molecule has 0 radical (unpaired) electrons. The quantitative estimate of drug-likeness (QED) is 0.479. The first-order chi connectivity index (χ1) is 5.77. The van der Waals surface area contributed by atoms with E-state index >= 15 is 0 Å². The molecule has 0 aromatic carbocycles. The lowest BCUT2D eigenvalue weighted by atomic mass is 10.1. The predicted octanol–water partition coefficient (Wildman–Crippen LogP) is -0.208. The van der Waals surface area contributed by atoms with Gasteiger partial charge in [0.2, 0.25) is 5.62 Å². The van der Waals surface area contributed by atoms with Gasteiger partial charge in [-0.2, -0.15) is 0 Å². The molecule has 0 spiro atoms. The van der Waals surface area contributed by atoms with Crippen molar-refractivity contribution >= 4 is 18.9 Å². The third kappa shape index (κ3) is 2.45. The van der Waals surface area contributed by atoms with Crippen molar-refractivity contribution in [3.63, 3.8) is 0 Å². The monoisotopic (exact) mass is 191 g/mol. The zero-order valence-electron chi connectivity index (χ0n) is 6.90. The molecule has 0 amide bonds. The summed E-state index contributed by atoms with van der Waals surface area (Å²) in [6.45, 7) is 0.531. The zero-order chi connectivity index (χ0) is 8.97. The lowest BCUT2D eigenvalue weighted by molar-refractivity contribution is -0.176. The van der Waals surface area contributed by atoms with E-state index in [1.54, 1.807) is 0 Å². The Morgan fingerprint density at radius 2 is 2.50 bits per heavy atom. The molecule has 70 valence electrons. The summed E-state index contributed by atoms with van der Waals surface area (Å²) in [4.78, 5) is 10.3. The maximum Gasteiger partial charge on any atom is 0.204 e. The zero-order valence-corrected chi connectivity index (χ0v) is 7.79. The van der Waals surface area contributed by atoms with Gasteiger partial charge in [-0.25, -0.2) is 0 Å². The third-order valence-electron chi connectivity index (χ3n) is 1.86. The molecule has 1 fully saturated rings. The first-order valence-corrected chi connectivity index (χ1v) is 4.35. The summed E-state index contributed by atoms with van der Waals surface area (Å²) in [7, 11) is 1.81. The lowest BCUT2D eigenvalue weighted by Crippen LogP contribution is -2.49. The minimum absolute atomic E-state index is 0.0820. The molecule has 5 heteroatoms. The maximum atomic E-state index is 10.3. The van der Waals surface area contributed by atoms with Crippen LogP contribution in [0.5, 0.6) is 0 Å². The Bertz CT molecular complexity index is 156. The van der Waals surface area contributed by atoms with Crippen molar-refractivity contribution in [2.45, 2.75) is 24.2 Å². The molecule has 0 saturated carbocycles. The number of likely N-dealkylation sites (N-methyl/N-ethyl adjacent to an activating group) is 1. The van der Waals surface area contributed by atoms with Gasteiger partial charge in [0.15, 0.2) is 0 Å². The fourth-order valence-electron chi connectivity index (χ4n) is 1.16. The molecular formula is C7H13NO3S. The second-order valence-corrected chi connectivity index (χ2v) is 3.03. The molecule has 3 unspecified atom stereocenters. The molecule has 1 saturated heterocycles. The fourth-order valence-corrected chi connectivity index (χ4v) is 1.40. The first-order valence-electron chi connectivity index (χ1n) is 3.84. The van der Waals surface area contributed by atoms with E-state index in [9.17, 15) is 4.79 Å². The fraction of sp³-hybridized carbons (Fsp3) is 0.857. The summed E-state index contributed by atoms with van der Waals surface area (Å²) in [5.41, 5.74) is -0.500. The van der Waals surface area contributed by atoms with Crippen LogP contribution >= 0.6 is 12.6 Å². The lowest BCUT2D eigenvalue weighted by Gasteiger charge is -2.33. The number of thiol groups is 1. The van der Waals surface area contributed by atoms with Crippen LogP contribution in [-0.2, 0) is 14.3 Å². The second-order valence-electron chi connectivity index (χ2n) is 2.61. The number of rotatable bonds is 3. The van der Waals surface area contributed by atoms with E-state index in [2.05, 4.69) is 17.9 Å². The highest BCUT2D eigenvalue weighted by Gasteiger charge is 2.28. The van der Waals surface area contributed by atoms with E-state index in [1.807, 2.05) is 7.05 Å². The van der Waals surface area contributed by atoms with Gasteiger partial charge in [-0.05, 0) is 7.05 Å². The van der Waals surface area contributed by atoms with E-state index in [4.69, 9.17) is 9.47 Å². The van der Waals surface area contributed by atoms with Crippen LogP contribution in [-0.4, -0.2) is 37.7 Å². The number of hydrogen-bond acceptors (Lipinski definition) is 5. The van der Waals surface area contributed by atoms with Crippen molar-refractivity contribution in [1.29, 1.82) is 0 Å². The van der Waals surface area contributed by atoms with E-state index in [0.717, 1.165) is 6.29 Å². The smallest absolute Gasteiger partial charge is 0.204 e. The number of aldehydes is 1. The number of ether oxygens (including phenoxy) is 2. The Morgan fingerprint density at radius 1 is 1.75 bits per heavy atom.